The summed E-state index contributed by atoms with van der Waals surface area (Å²) in [7, 11) is 2.85. The van der Waals surface area contributed by atoms with Gasteiger partial charge in [-0.05, 0) is 6.07 Å². The number of thiazole rings is 1. The molecular weight excluding hydrogens is 310 g/mol. The van der Waals surface area contributed by atoms with Crippen molar-refractivity contribution in [2.24, 2.45) is 0 Å². The van der Waals surface area contributed by atoms with E-state index in [-0.39, 0.29) is 0 Å². The lowest BCUT2D eigenvalue weighted by atomic mass is 10.1. The number of carbonyl (C=O) groups is 1. The molecule has 0 radical (unpaired) electrons. The number of aromatic nitrogens is 1. The van der Waals surface area contributed by atoms with E-state index in [9.17, 15) is 4.79 Å². The third-order valence-electron chi connectivity index (χ3n) is 3.37. The minimum atomic E-state index is -0.450. The van der Waals surface area contributed by atoms with Crippen molar-refractivity contribution in [1.82, 2.24) is 4.98 Å². The van der Waals surface area contributed by atoms with Gasteiger partial charge in [-0.25, -0.2) is 9.78 Å². The normalized spacial score (nSPS) is 11.5. The zero-order chi connectivity index (χ0) is 16.2. The summed E-state index contributed by atoms with van der Waals surface area (Å²) in [5, 5.41) is 0.912. The SMILES string of the molecule is CO/C=C(/C(=O)OC)c1cccc2sc(-c3ccccc3)nc12. The van der Waals surface area contributed by atoms with E-state index in [4.69, 9.17) is 14.5 Å². The van der Waals surface area contributed by atoms with Crippen molar-refractivity contribution in [3.8, 4) is 10.6 Å². The average Bonchev–Trinajstić information content (AvgIpc) is 3.04. The van der Waals surface area contributed by atoms with Gasteiger partial charge in [0.05, 0.1) is 30.7 Å². The molecule has 0 saturated heterocycles. The van der Waals surface area contributed by atoms with Crippen molar-refractivity contribution in [2.45, 2.75) is 0 Å². The van der Waals surface area contributed by atoms with Gasteiger partial charge in [0.15, 0.2) is 0 Å². The number of hydrogen-bond acceptors (Lipinski definition) is 5. The zero-order valence-corrected chi connectivity index (χ0v) is 13.6. The molecule has 1 heterocycles. The van der Waals surface area contributed by atoms with Crippen molar-refractivity contribution in [3.05, 3.63) is 60.4 Å². The monoisotopic (exact) mass is 325 g/mol. The van der Waals surface area contributed by atoms with E-state index < -0.39 is 5.97 Å². The Balaban J connectivity index is 2.17. The fraction of sp³-hybridized carbons (Fsp3) is 0.111. The summed E-state index contributed by atoms with van der Waals surface area (Å²) in [4.78, 5) is 16.7. The van der Waals surface area contributed by atoms with Gasteiger partial charge in [-0.15, -0.1) is 11.3 Å². The highest BCUT2D eigenvalue weighted by molar-refractivity contribution is 7.21. The zero-order valence-electron chi connectivity index (χ0n) is 12.8. The number of carbonyl (C=O) groups excluding carboxylic acids is 1. The summed E-state index contributed by atoms with van der Waals surface area (Å²) in [6, 6.07) is 15.7. The lowest BCUT2D eigenvalue weighted by Crippen LogP contribution is -2.05. The predicted molar refractivity (Wildman–Crippen MR) is 92.1 cm³/mol. The number of benzene rings is 2. The second kappa shape index (κ2) is 6.62. The number of ether oxygens (including phenoxy) is 2. The van der Waals surface area contributed by atoms with Crippen LogP contribution in [0.4, 0.5) is 0 Å². The van der Waals surface area contributed by atoms with Crippen LogP contribution in [0.15, 0.2) is 54.8 Å². The Hall–Kier alpha value is -2.66. The van der Waals surface area contributed by atoms with Crippen LogP contribution in [0.1, 0.15) is 5.56 Å². The second-order valence-corrected chi connectivity index (χ2v) is 5.83. The fourth-order valence-electron chi connectivity index (χ4n) is 2.32. The van der Waals surface area contributed by atoms with E-state index in [1.807, 2.05) is 48.5 Å². The summed E-state index contributed by atoms with van der Waals surface area (Å²) >= 11 is 1.59. The largest absolute Gasteiger partial charge is 0.503 e. The smallest absolute Gasteiger partial charge is 0.341 e. The van der Waals surface area contributed by atoms with Gasteiger partial charge in [-0.3, -0.25) is 0 Å². The molecule has 4 nitrogen and oxygen atoms in total. The number of fused-ring (bicyclic) bond motifs is 1. The lowest BCUT2D eigenvalue weighted by molar-refractivity contribution is -0.133. The molecule has 0 aliphatic carbocycles. The predicted octanol–water partition coefficient (Wildman–Crippen LogP) is 4.12. The molecule has 1 aromatic heterocycles. The van der Waals surface area contributed by atoms with Crippen molar-refractivity contribution >= 4 is 33.1 Å². The average molecular weight is 325 g/mol. The van der Waals surface area contributed by atoms with Crippen molar-refractivity contribution in [1.29, 1.82) is 0 Å². The first kappa shape index (κ1) is 15.2. The van der Waals surface area contributed by atoms with Crippen molar-refractivity contribution < 1.29 is 14.3 Å². The highest BCUT2D eigenvalue weighted by atomic mass is 32.1. The molecule has 0 aliphatic rings. The third kappa shape index (κ3) is 2.96. The molecule has 0 spiro atoms. The number of para-hydroxylation sites is 1. The van der Waals surface area contributed by atoms with Gasteiger partial charge in [0, 0.05) is 11.1 Å². The quantitative estimate of drug-likeness (QED) is 0.411. The second-order valence-electron chi connectivity index (χ2n) is 4.80. The van der Waals surface area contributed by atoms with E-state index in [1.54, 1.807) is 11.3 Å². The number of rotatable bonds is 4. The van der Waals surface area contributed by atoms with Gasteiger partial charge >= 0.3 is 5.97 Å². The molecule has 5 heteroatoms. The maximum atomic E-state index is 12.0. The number of nitrogens with zero attached hydrogens (tertiary/aromatic N) is 1. The van der Waals surface area contributed by atoms with E-state index in [1.165, 1.54) is 20.5 Å². The van der Waals surface area contributed by atoms with E-state index in [2.05, 4.69) is 0 Å². The number of hydrogen-bond donors (Lipinski definition) is 0. The van der Waals surface area contributed by atoms with Crippen LogP contribution in [0.3, 0.4) is 0 Å². The highest BCUT2D eigenvalue weighted by Crippen LogP contribution is 2.34. The topological polar surface area (TPSA) is 48.4 Å². The molecule has 3 aromatic rings. The molecule has 23 heavy (non-hydrogen) atoms. The Morgan fingerprint density at radius 1 is 1.09 bits per heavy atom. The first-order chi connectivity index (χ1) is 11.2. The van der Waals surface area contributed by atoms with E-state index >= 15 is 0 Å². The molecule has 0 aliphatic heterocycles. The first-order valence-corrected chi connectivity index (χ1v) is 7.83. The van der Waals surface area contributed by atoms with E-state index in [0.717, 1.165) is 20.8 Å². The molecule has 0 bridgehead atoms. The van der Waals surface area contributed by atoms with Crippen LogP contribution in [-0.2, 0) is 14.3 Å². The Morgan fingerprint density at radius 2 is 1.87 bits per heavy atom. The molecule has 116 valence electrons. The standard InChI is InChI=1S/C18H15NO3S/c1-21-11-14(18(20)22-2)13-9-6-10-15-16(13)19-17(23-15)12-7-4-3-5-8-12/h3-11H,1-2H3/b14-11+. The molecule has 0 unspecified atom stereocenters. The van der Waals surface area contributed by atoms with Gasteiger partial charge in [0.1, 0.15) is 10.6 Å². The van der Waals surface area contributed by atoms with Crippen LogP contribution < -0.4 is 0 Å². The summed E-state index contributed by atoms with van der Waals surface area (Å²) in [6.45, 7) is 0. The molecule has 2 aromatic carbocycles. The minimum Gasteiger partial charge on any atom is -0.503 e. The number of esters is 1. The molecule has 0 saturated carbocycles. The van der Waals surface area contributed by atoms with E-state index in [0.29, 0.717) is 11.1 Å². The maximum Gasteiger partial charge on any atom is 0.341 e. The van der Waals surface area contributed by atoms with Crippen LogP contribution in [0.25, 0.3) is 26.4 Å². The number of methoxy groups -OCH3 is 2. The fourth-order valence-corrected chi connectivity index (χ4v) is 3.32. The van der Waals surface area contributed by atoms with Gasteiger partial charge in [0.2, 0.25) is 0 Å². The van der Waals surface area contributed by atoms with Crippen LogP contribution in [0.2, 0.25) is 0 Å². The Labute approximate surface area is 138 Å². The molecule has 0 amide bonds. The first-order valence-electron chi connectivity index (χ1n) is 7.01. The van der Waals surface area contributed by atoms with Crippen molar-refractivity contribution in [2.75, 3.05) is 14.2 Å². The van der Waals surface area contributed by atoms with Gasteiger partial charge in [0.25, 0.3) is 0 Å². The van der Waals surface area contributed by atoms with Crippen LogP contribution >= 0.6 is 11.3 Å². The van der Waals surface area contributed by atoms with Crippen LogP contribution in [0, 0.1) is 0 Å². The maximum absolute atomic E-state index is 12.0. The molecular formula is C18H15NO3S. The molecule has 3 rings (SSSR count). The molecule has 0 N–H and O–H groups in total. The van der Waals surface area contributed by atoms with Gasteiger partial charge < -0.3 is 9.47 Å². The lowest BCUT2D eigenvalue weighted by Gasteiger charge is -2.06. The minimum absolute atomic E-state index is 0.352. The molecule has 0 atom stereocenters. The van der Waals surface area contributed by atoms with Gasteiger partial charge in [-0.1, -0.05) is 42.5 Å². The summed E-state index contributed by atoms with van der Waals surface area (Å²) in [5.41, 5.74) is 2.88. The Morgan fingerprint density at radius 3 is 2.57 bits per heavy atom. The van der Waals surface area contributed by atoms with Gasteiger partial charge in [-0.2, -0.15) is 0 Å². The summed E-state index contributed by atoms with van der Waals surface area (Å²) in [5.74, 6) is -0.450. The summed E-state index contributed by atoms with van der Waals surface area (Å²) in [6.07, 6.45) is 1.39. The summed E-state index contributed by atoms with van der Waals surface area (Å²) < 4.78 is 10.9. The molecule has 0 fully saturated rings. The van der Waals surface area contributed by atoms with Crippen LogP contribution in [-0.4, -0.2) is 25.2 Å². The Kier molecular flexibility index (Phi) is 4.39. The van der Waals surface area contributed by atoms with Crippen LogP contribution in [0.5, 0.6) is 0 Å². The Bertz CT molecular complexity index is 868. The highest BCUT2D eigenvalue weighted by Gasteiger charge is 2.18. The third-order valence-corrected chi connectivity index (χ3v) is 4.44. The van der Waals surface area contributed by atoms with Crippen molar-refractivity contribution in [3.63, 3.8) is 0 Å².